The quantitative estimate of drug-likeness (QED) is 0.813. The van der Waals surface area contributed by atoms with Crippen molar-refractivity contribution in [3.8, 4) is 5.75 Å². The Kier molecular flexibility index (Phi) is 6.49. The number of aliphatic hydroxyl groups is 1. The van der Waals surface area contributed by atoms with Crippen LogP contribution < -0.4 is 10.1 Å². The first-order valence-electron chi connectivity index (χ1n) is 7.11. The second-order valence-corrected chi connectivity index (χ2v) is 6.50. The number of carbonyl (C=O) groups is 1. The molecular weight excluding hydrogens is 290 g/mol. The summed E-state index contributed by atoms with van der Waals surface area (Å²) in [5.41, 5.74) is -1.02. The van der Waals surface area contributed by atoms with Gasteiger partial charge in [-0.1, -0.05) is 25.4 Å². The summed E-state index contributed by atoms with van der Waals surface area (Å²) in [6, 6.07) is 6.84. The van der Waals surface area contributed by atoms with Gasteiger partial charge in [-0.05, 0) is 50.5 Å². The lowest BCUT2D eigenvalue weighted by Gasteiger charge is -2.26. The predicted molar refractivity (Wildman–Crippen MR) is 84.6 cm³/mol. The van der Waals surface area contributed by atoms with Gasteiger partial charge in [0, 0.05) is 11.6 Å². The minimum atomic E-state index is -1.02. The largest absolute Gasteiger partial charge is 0.478 e. The van der Waals surface area contributed by atoms with Crippen molar-refractivity contribution in [3.05, 3.63) is 29.3 Å². The second-order valence-electron chi connectivity index (χ2n) is 6.06. The third-order valence-electron chi connectivity index (χ3n) is 2.98. The Morgan fingerprint density at radius 2 is 1.90 bits per heavy atom. The minimum Gasteiger partial charge on any atom is -0.478 e. The molecule has 1 rings (SSSR count). The number of benzene rings is 1. The molecule has 4 nitrogen and oxygen atoms in total. The molecule has 0 aliphatic carbocycles. The van der Waals surface area contributed by atoms with E-state index in [2.05, 4.69) is 5.32 Å². The maximum absolute atomic E-state index is 12.2. The molecule has 2 N–H and O–H groups in total. The van der Waals surface area contributed by atoms with Crippen LogP contribution in [-0.2, 0) is 4.79 Å². The van der Waals surface area contributed by atoms with Crippen LogP contribution in [0.2, 0.25) is 5.02 Å². The molecule has 1 aromatic rings. The summed E-state index contributed by atoms with van der Waals surface area (Å²) >= 11 is 5.81. The minimum absolute atomic E-state index is 0.227. The normalized spacial score (nSPS) is 13.1. The van der Waals surface area contributed by atoms with Gasteiger partial charge < -0.3 is 15.2 Å². The van der Waals surface area contributed by atoms with Gasteiger partial charge in [-0.25, -0.2) is 0 Å². The van der Waals surface area contributed by atoms with E-state index in [4.69, 9.17) is 16.3 Å². The SMILES string of the molecule is CC(C)CC(O)CNC(=O)C(C)(C)Oc1ccc(Cl)cc1. The molecule has 21 heavy (non-hydrogen) atoms. The van der Waals surface area contributed by atoms with Gasteiger partial charge in [-0.3, -0.25) is 4.79 Å². The zero-order valence-corrected chi connectivity index (χ0v) is 13.8. The van der Waals surface area contributed by atoms with Gasteiger partial charge in [0.15, 0.2) is 5.60 Å². The summed E-state index contributed by atoms with van der Waals surface area (Å²) in [7, 11) is 0. The lowest BCUT2D eigenvalue weighted by atomic mass is 10.1. The first-order chi connectivity index (χ1) is 9.70. The van der Waals surface area contributed by atoms with Crippen molar-refractivity contribution in [1.82, 2.24) is 5.32 Å². The van der Waals surface area contributed by atoms with Gasteiger partial charge in [0.2, 0.25) is 0 Å². The highest BCUT2D eigenvalue weighted by atomic mass is 35.5. The van der Waals surface area contributed by atoms with E-state index in [9.17, 15) is 9.90 Å². The molecule has 0 saturated heterocycles. The van der Waals surface area contributed by atoms with Crippen LogP contribution in [0.3, 0.4) is 0 Å². The average Bonchev–Trinajstić information content (AvgIpc) is 2.37. The van der Waals surface area contributed by atoms with Gasteiger partial charge >= 0.3 is 0 Å². The molecule has 0 heterocycles. The molecule has 1 atom stereocenters. The predicted octanol–water partition coefficient (Wildman–Crippen LogP) is 3.02. The monoisotopic (exact) mass is 313 g/mol. The highest BCUT2D eigenvalue weighted by molar-refractivity contribution is 6.30. The van der Waals surface area contributed by atoms with E-state index in [0.29, 0.717) is 23.1 Å². The van der Waals surface area contributed by atoms with Crippen molar-refractivity contribution in [2.24, 2.45) is 5.92 Å². The summed E-state index contributed by atoms with van der Waals surface area (Å²) < 4.78 is 5.68. The van der Waals surface area contributed by atoms with E-state index in [-0.39, 0.29) is 12.5 Å². The van der Waals surface area contributed by atoms with Gasteiger partial charge in [0.05, 0.1) is 6.10 Å². The zero-order valence-electron chi connectivity index (χ0n) is 13.0. The van der Waals surface area contributed by atoms with Crippen LogP contribution in [0.4, 0.5) is 0 Å². The van der Waals surface area contributed by atoms with Crippen LogP contribution in [0.15, 0.2) is 24.3 Å². The summed E-state index contributed by atoms with van der Waals surface area (Å²) in [4.78, 5) is 12.2. The number of hydrogen-bond donors (Lipinski definition) is 2. The Bertz CT molecular complexity index is 457. The number of ether oxygens (including phenoxy) is 1. The van der Waals surface area contributed by atoms with Crippen LogP contribution in [0.1, 0.15) is 34.1 Å². The molecule has 0 aromatic heterocycles. The highest BCUT2D eigenvalue weighted by Gasteiger charge is 2.30. The van der Waals surface area contributed by atoms with E-state index in [1.54, 1.807) is 38.1 Å². The third kappa shape index (κ3) is 6.36. The topological polar surface area (TPSA) is 58.6 Å². The first kappa shape index (κ1) is 17.8. The molecule has 0 aliphatic rings. The molecule has 5 heteroatoms. The van der Waals surface area contributed by atoms with E-state index >= 15 is 0 Å². The fraction of sp³-hybridized carbons (Fsp3) is 0.562. The number of halogens is 1. The van der Waals surface area contributed by atoms with Gasteiger partial charge in [-0.15, -0.1) is 0 Å². The molecule has 0 spiro atoms. The molecule has 0 saturated carbocycles. The number of aliphatic hydroxyl groups excluding tert-OH is 1. The molecule has 0 bridgehead atoms. The Hall–Kier alpha value is -1.26. The van der Waals surface area contributed by atoms with Crippen molar-refractivity contribution in [2.45, 2.75) is 45.8 Å². The summed E-state index contributed by atoms with van der Waals surface area (Å²) in [6.07, 6.45) is 0.110. The summed E-state index contributed by atoms with van der Waals surface area (Å²) in [6.45, 7) is 7.65. The number of hydrogen-bond acceptors (Lipinski definition) is 3. The van der Waals surface area contributed by atoms with Crippen LogP contribution in [0.5, 0.6) is 5.75 Å². The first-order valence-corrected chi connectivity index (χ1v) is 7.49. The fourth-order valence-electron chi connectivity index (χ4n) is 1.89. The van der Waals surface area contributed by atoms with E-state index in [1.165, 1.54) is 0 Å². The van der Waals surface area contributed by atoms with Gasteiger partial charge in [0.1, 0.15) is 5.75 Å². The van der Waals surface area contributed by atoms with Crippen molar-refractivity contribution in [3.63, 3.8) is 0 Å². The Labute approximate surface area is 131 Å². The number of rotatable bonds is 7. The Morgan fingerprint density at radius 3 is 2.43 bits per heavy atom. The lowest BCUT2D eigenvalue weighted by molar-refractivity contribution is -0.134. The van der Waals surface area contributed by atoms with E-state index in [1.807, 2.05) is 13.8 Å². The van der Waals surface area contributed by atoms with Crippen molar-refractivity contribution >= 4 is 17.5 Å². The highest BCUT2D eigenvalue weighted by Crippen LogP contribution is 2.21. The number of nitrogens with one attached hydrogen (secondary N) is 1. The van der Waals surface area contributed by atoms with Gasteiger partial charge in [0.25, 0.3) is 5.91 Å². The van der Waals surface area contributed by atoms with Crippen LogP contribution in [0.25, 0.3) is 0 Å². The zero-order chi connectivity index (χ0) is 16.0. The van der Waals surface area contributed by atoms with Crippen LogP contribution in [0, 0.1) is 5.92 Å². The maximum Gasteiger partial charge on any atom is 0.263 e. The third-order valence-corrected chi connectivity index (χ3v) is 3.23. The molecule has 118 valence electrons. The molecule has 0 radical (unpaired) electrons. The van der Waals surface area contributed by atoms with Crippen LogP contribution in [-0.4, -0.2) is 29.3 Å². The number of amides is 1. The fourth-order valence-corrected chi connectivity index (χ4v) is 2.02. The van der Waals surface area contributed by atoms with E-state index in [0.717, 1.165) is 0 Å². The smallest absolute Gasteiger partial charge is 0.263 e. The Morgan fingerprint density at radius 1 is 1.33 bits per heavy atom. The molecule has 1 unspecified atom stereocenters. The molecule has 1 aromatic carbocycles. The molecule has 0 aliphatic heterocycles. The lowest BCUT2D eigenvalue weighted by Crippen LogP contribution is -2.48. The second kappa shape index (κ2) is 7.66. The molecule has 1 amide bonds. The average molecular weight is 314 g/mol. The summed E-state index contributed by atoms with van der Waals surface area (Å²) in [5.74, 6) is 0.692. The standard InChI is InChI=1S/C16H24ClNO3/c1-11(2)9-13(19)10-18-15(20)16(3,4)21-14-7-5-12(17)6-8-14/h5-8,11,13,19H,9-10H2,1-4H3,(H,18,20). The Balaban J connectivity index is 2.52. The maximum atomic E-state index is 12.2. The van der Waals surface area contributed by atoms with Crippen molar-refractivity contribution in [2.75, 3.05) is 6.54 Å². The van der Waals surface area contributed by atoms with Crippen molar-refractivity contribution < 1.29 is 14.6 Å². The van der Waals surface area contributed by atoms with Gasteiger partial charge in [-0.2, -0.15) is 0 Å². The van der Waals surface area contributed by atoms with Crippen molar-refractivity contribution in [1.29, 1.82) is 0 Å². The number of carbonyl (C=O) groups excluding carboxylic acids is 1. The van der Waals surface area contributed by atoms with E-state index < -0.39 is 11.7 Å². The summed E-state index contributed by atoms with van der Waals surface area (Å²) in [5, 5.41) is 13.1. The van der Waals surface area contributed by atoms with Crippen LogP contribution >= 0.6 is 11.6 Å². The molecule has 0 fully saturated rings. The molecular formula is C16H24ClNO3.